The van der Waals surface area contributed by atoms with Gasteiger partial charge in [0.2, 0.25) is 5.91 Å². The van der Waals surface area contributed by atoms with Crippen LogP contribution in [0.25, 0.3) is 10.9 Å². The molecule has 0 atom stereocenters. The molecule has 2 N–H and O–H groups in total. The number of nitrogens with one attached hydrogen (secondary N) is 2. The summed E-state index contributed by atoms with van der Waals surface area (Å²) in [6.45, 7) is 4.40. The zero-order valence-corrected chi connectivity index (χ0v) is 16.0. The first-order valence-electron chi connectivity index (χ1n) is 9.73. The molecule has 1 aliphatic heterocycles. The van der Waals surface area contributed by atoms with Gasteiger partial charge in [-0.05, 0) is 74.7 Å². The second-order valence-corrected chi connectivity index (χ2v) is 7.50. The second kappa shape index (κ2) is 7.87. The summed E-state index contributed by atoms with van der Waals surface area (Å²) in [6.07, 6.45) is 2.12. The molecule has 2 aromatic carbocycles. The quantitative estimate of drug-likeness (QED) is 0.722. The third-order valence-electron chi connectivity index (χ3n) is 5.60. The maximum atomic E-state index is 12.4. The second-order valence-electron chi connectivity index (χ2n) is 7.50. The minimum Gasteiger partial charge on any atom is -0.358 e. The van der Waals surface area contributed by atoms with Crippen molar-refractivity contribution < 1.29 is 4.79 Å². The van der Waals surface area contributed by atoms with Gasteiger partial charge in [-0.25, -0.2) is 0 Å². The van der Waals surface area contributed by atoms with E-state index < -0.39 is 0 Å². The van der Waals surface area contributed by atoms with Crippen molar-refractivity contribution in [3.63, 3.8) is 0 Å². The van der Waals surface area contributed by atoms with E-state index in [4.69, 9.17) is 5.26 Å². The highest BCUT2D eigenvalue weighted by Gasteiger charge is 2.25. The predicted octanol–water partition coefficient (Wildman–Crippen LogP) is 4.17. The fourth-order valence-corrected chi connectivity index (χ4v) is 4.24. The van der Waals surface area contributed by atoms with Gasteiger partial charge in [-0.1, -0.05) is 18.2 Å². The van der Waals surface area contributed by atoms with Crippen LogP contribution in [0.4, 0.5) is 5.69 Å². The molecular formula is C23H24N4O. The van der Waals surface area contributed by atoms with Crippen LogP contribution in [-0.4, -0.2) is 35.4 Å². The van der Waals surface area contributed by atoms with Gasteiger partial charge < -0.3 is 10.3 Å². The first kappa shape index (κ1) is 18.3. The van der Waals surface area contributed by atoms with E-state index in [9.17, 15) is 4.79 Å². The highest BCUT2D eigenvalue weighted by Crippen LogP contribution is 2.35. The molecule has 0 unspecified atom stereocenters. The maximum Gasteiger partial charge on any atom is 0.238 e. The van der Waals surface area contributed by atoms with Crippen molar-refractivity contribution >= 4 is 22.5 Å². The van der Waals surface area contributed by atoms with Crippen LogP contribution in [0.15, 0.2) is 48.5 Å². The van der Waals surface area contributed by atoms with Crippen molar-refractivity contribution in [3.8, 4) is 6.07 Å². The van der Waals surface area contributed by atoms with Crippen LogP contribution in [0.3, 0.4) is 0 Å². The van der Waals surface area contributed by atoms with E-state index in [1.807, 2.05) is 0 Å². The first-order valence-corrected chi connectivity index (χ1v) is 9.73. The molecule has 1 amide bonds. The number of aromatic amines is 1. The normalized spacial score (nSPS) is 15.4. The minimum atomic E-state index is -0.00793. The average Bonchev–Trinajstić information content (AvgIpc) is 3.05. The molecule has 142 valence electrons. The molecule has 1 saturated heterocycles. The molecule has 0 spiro atoms. The average molecular weight is 372 g/mol. The number of nitriles is 1. The highest BCUT2D eigenvalue weighted by atomic mass is 16.2. The van der Waals surface area contributed by atoms with Crippen molar-refractivity contribution in [2.24, 2.45) is 0 Å². The number of fused-ring (bicyclic) bond motifs is 1. The number of nitrogens with zero attached hydrogens (tertiary/aromatic N) is 2. The first-order chi connectivity index (χ1) is 13.6. The Bertz CT molecular complexity index is 1020. The van der Waals surface area contributed by atoms with Crippen molar-refractivity contribution in [1.82, 2.24) is 9.88 Å². The van der Waals surface area contributed by atoms with Crippen LogP contribution in [0, 0.1) is 18.3 Å². The van der Waals surface area contributed by atoms with Crippen LogP contribution >= 0.6 is 0 Å². The molecule has 1 aliphatic rings. The number of aryl methyl sites for hydroxylation is 1. The Kier molecular flexibility index (Phi) is 5.14. The molecule has 0 bridgehead atoms. The SMILES string of the molecule is Cc1[nH]c2ccccc2c1C1CCN(CC(=O)Nc2ccc(C#N)cc2)CC1. The maximum absolute atomic E-state index is 12.4. The fourth-order valence-electron chi connectivity index (χ4n) is 4.24. The number of benzene rings is 2. The summed E-state index contributed by atoms with van der Waals surface area (Å²) in [6, 6.07) is 17.5. The zero-order chi connectivity index (χ0) is 19.5. The number of hydrogen-bond donors (Lipinski definition) is 2. The fraction of sp³-hybridized carbons (Fsp3) is 0.304. The number of H-pyrrole nitrogens is 1. The summed E-state index contributed by atoms with van der Waals surface area (Å²) >= 11 is 0. The number of para-hydroxylation sites is 1. The number of carbonyl (C=O) groups excluding carboxylic acids is 1. The highest BCUT2D eigenvalue weighted by molar-refractivity contribution is 5.92. The summed E-state index contributed by atoms with van der Waals surface area (Å²) in [5, 5.41) is 13.1. The lowest BCUT2D eigenvalue weighted by Gasteiger charge is -2.31. The lowest BCUT2D eigenvalue weighted by molar-refractivity contribution is -0.117. The Morgan fingerprint density at radius 1 is 1.18 bits per heavy atom. The van der Waals surface area contributed by atoms with Gasteiger partial charge in [-0.15, -0.1) is 0 Å². The Morgan fingerprint density at radius 2 is 1.89 bits per heavy atom. The van der Waals surface area contributed by atoms with Crippen LogP contribution in [0.1, 0.15) is 35.6 Å². The molecule has 0 radical (unpaired) electrons. The predicted molar refractivity (Wildman–Crippen MR) is 111 cm³/mol. The summed E-state index contributed by atoms with van der Waals surface area (Å²) in [4.78, 5) is 18.1. The van der Waals surface area contributed by atoms with E-state index >= 15 is 0 Å². The third kappa shape index (κ3) is 3.78. The summed E-state index contributed by atoms with van der Waals surface area (Å²) < 4.78 is 0. The lowest BCUT2D eigenvalue weighted by Crippen LogP contribution is -2.38. The molecule has 4 rings (SSSR count). The third-order valence-corrected chi connectivity index (χ3v) is 5.60. The van der Waals surface area contributed by atoms with Crippen LogP contribution < -0.4 is 5.32 Å². The minimum absolute atomic E-state index is 0.00793. The van der Waals surface area contributed by atoms with Gasteiger partial charge >= 0.3 is 0 Å². The van der Waals surface area contributed by atoms with E-state index in [1.165, 1.54) is 22.2 Å². The standard InChI is InChI=1S/C23H24N4O/c1-16-23(20-4-2-3-5-21(20)25-16)18-10-12-27(13-11-18)15-22(28)26-19-8-6-17(14-24)7-9-19/h2-9,18,25H,10-13,15H2,1H3,(H,26,28). The number of anilines is 1. The van der Waals surface area contributed by atoms with Crippen molar-refractivity contribution in [3.05, 3.63) is 65.4 Å². The Balaban J connectivity index is 1.34. The van der Waals surface area contributed by atoms with Gasteiger partial charge in [0.1, 0.15) is 0 Å². The van der Waals surface area contributed by atoms with E-state index in [2.05, 4.69) is 52.5 Å². The number of aromatic nitrogens is 1. The summed E-state index contributed by atoms with van der Waals surface area (Å²) in [7, 11) is 0. The number of piperidine rings is 1. The van der Waals surface area contributed by atoms with Gasteiger partial charge in [-0.2, -0.15) is 5.26 Å². The molecule has 5 nitrogen and oxygen atoms in total. The number of hydrogen-bond acceptors (Lipinski definition) is 3. The van der Waals surface area contributed by atoms with Gasteiger partial charge in [0.05, 0.1) is 18.2 Å². The van der Waals surface area contributed by atoms with Gasteiger partial charge in [0.25, 0.3) is 0 Å². The Morgan fingerprint density at radius 3 is 2.61 bits per heavy atom. The number of amides is 1. The number of rotatable bonds is 4. The molecule has 1 aromatic heterocycles. The largest absolute Gasteiger partial charge is 0.358 e. The van der Waals surface area contributed by atoms with Gasteiger partial charge in [0, 0.05) is 22.3 Å². The van der Waals surface area contributed by atoms with Crippen molar-refractivity contribution in [2.45, 2.75) is 25.7 Å². The van der Waals surface area contributed by atoms with Gasteiger partial charge in [0.15, 0.2) is 0 Å². The molecule has 5 heteroatoms. The lowest BCUT2D eigenvalue weighted by atomic mass is 9.87. The number of carbonyl (C=O) groups is 1. The van der Waals surface area contributed by atoms with E-state index in [0.717, 1.165) is 31.6 Å². The molecule has 2 heterocycles. The molecular weight excluding hydrogens is 348 g/mol. The van der Waals surface area contributed by atoms with Crippen LogP contribution in [-0.2, 0) is 4.79 Å². The Hall–Kier alpha value is -3.10. The Labute approximate surface area is 165 Å². The van der Waals surface area contributed by atoms with Crippen molar-refractivity contribution in [1.29, 1.82) is 5.26 Å². The van der Waals surface area contributed by atoms with E-state index in [-0.39, 0.29) is 5.91 Å². The molecule has 0 aliphatic carbocycles. The van der Waals surface area contributed by atoms with E-state index in [1.54, 1.807) is 24.3 Å². The molecule has 1 fully saturated rings. The molecule has 0 saturated carbocycles. The molecule has 28 heavy (non-hydrogen) atoms. The van der Waals surface area contributed by atoms with Crippen LogP contribution in [0.5, 0.6) is 0 Å². The number of likely N-dealkylation sites (tertiary alicyclic amines) is 1. The van der Waals surface area contributed by atoms with Crippen molar-refractivity contribution in [2.75, 3.05) is 25.0 Å². The van der Waals surface area contributed by atoms with E-state index in [0.29, 0.717) is 18.0 Å². The topological polar surface area (TPSA) is 71.9 Å². The smallest absolute Gasteiger partial charge is 0.238 e. The summed E-state index contributed by atoms with van der Waals surface area (Å²) in [5.74, 6) is 0.528. The summed E-state index contributed by atoms with van der Waals surface area (Å²) in [5.41, 5.74) is 5.23. The van der Waals surface area contributed by atoms with Crippen LogP contribution in [0.2, 0.25) is 0 Å². The zero-order valence-electron chi connectivity index (χ0n) is 16.0. The van der Waals surface area contributed by atoms with Gasteiger partial charge in [-0.3, -0.25) is 9.69 Å². The molecule has 3 aromatic rings. The monoisotopic (exact) mass is 372 g/mol.